The molecule has 0 saturated heterocycles. The molecule has 0 aliphatic carbocycles. The van der Waals surface area contributed by atoms with Gasteiger partial charge in [-0.3, -0.25) is 10.1 Å². The van der Waals surface area contributed by atoms with Gasteiger partial charge in [-0.2, -0.15) is 0 Å². The SMILES string of the molecule is CNCCOCC(=O)Nc1nccs1. The van der Waals surface area contributed by atoms with E-state index in [-0.39, 0.29) is 12.5 Å². The van der Waals surface area contributed by atoms with Gasteiger partial charge in [0.15, 0.2) is 5.13 Å². The van der Waals surface area contributed by atoms with E-state index in [9.17, 15) is 4.79 Å². The minimum Gasteiger partial charge on any atom is -0.370 e. The zero-order valence-corrected chi connectivity index (χ0v) is 8.76. The standard InChI is InChI=1S/C8H13N3O2S/c1-9-2-4-13-6-7(12)11-8-10-3-5-14-8/h3,5,9H,2,4,6H2,1H3,(H,10,11,12). The first-order valence-electron chi connectivity index (χ1n) is 4.24. The average molecular weight is 215 g/mol. The Morgan fingerprint density at radius 3 is 3.21 bits per heavy atom. The van der Waals surface area contributed by atoms with Crippen LogP contribution in [0.3, 0.4) is 0 Å². The molecule has 0 atom stereocenters. The summed E-state index contributed by atoms with van der Waals surface area (Å²) in [4.78, 5) is 15.1. The van der Waals surface area contributed by atoms with E-state index in [1.807, 2.05) is 7.05 Å². The van der Waals surface area contributed by atoms with Crippen molar-refractivity contribution < 1.29 is 9.53 Å². The van der Waals surface area contributed by atoms with Crippen molar-refractivity contribution in [3.8, 4) is 0 Å². The van der Waals surface area contributed by atoms with Crippen LogP contribution in [0.25, 0.3) is 0 Å². The summed E-state index contributed by atoms with van der Waals surface area (Å²) in [6.45, 7) is 1.34. The second-order valence-corrected chi connectivity index (χ2v) is 3.44. The number of carbonyl (C=O) groups is 1. The molecule has 0 spiro atoms. The van der Waals surface area contributed by atoms with Crippen molar-refractivity contribution in [2.45, 2.75) is 0 Å². The fourth-order valence-corrected chi connectivity index (χ4v) is 1.32. The first kappa shape index (κ1) is 11.1. The summed E-state index contributed by atoms with van der Waals surface area (Å²) in [5.41, 5.74) is 0. The molecule has 0 aromatic carbocycles. The van der Waals surface area contributed by atoms with Gasteiger partial charge >= 0.3 is 0 Å². The van der Waals surface area contributed by atoms with Crippen LogP contribution in [0.4, 0.5) is 5.13 Å². The Morgan fingerprint density at radius 1 is 1.71 bits per heavy atom. The first-order valence-corrected chi connectivity index (χ1v) is 5.12. The van der Waals surface area contributed by atoms with E-state index in [1.165, 1.54) is 11.3 Å². The fourth-order valence-electron chi connectivity index (χ4n) is 0.780. The highest BCUT2D eigenvalue weighted by atomic mass is 32.1. The second-order valence-electron chi connectivity index (χ2n) is 2.54. The fraction of sp³-hybridized carbons (Fsp3) is 0.500. The van der Waals surface area contributed by atoms with E-state index >= 15 is 0 Å². The number of thiazole rings is 1. The monoisotopic (exact) mass is 215 g/mol. The normalized spacial score (nSPS) is 10.1. The predicted octanol–water partition coefficient (Wildman–Crippen LogP) is 0.318. The molecular weight excluding hydrogens is 202 g/mol. The van der Waals surface area contributed by atoms with Crippen molar-refractivity contribution in [3.05, 3.63) is 11.6 Å². The summed E-state index contributed by atoms with van der Waals surface area (Å²) in [7, 11) is 1.83. The van der Waals surface area contributed by atoms with Crippen LogP contribution in [-0.2, 0) is 9.53 Å². The van der Waals surface area contributed by atoms with Crippen LogP contribution in [0.1, 0.15) is 0 Å². The summed E-state index contributed by atoms with van der Waals surface area (Å²) in [6, 6.07) is 0. The van der Waals surface area contributed by atoms with Gasteiger partial charge < -0.3 is 10.1 Å². The highest BCUT2D eigenvalue weighted by molar-refractivity contribution is 7.13. The molecule has 5 nitrogen and oxygen atoms in total. The molecule has 1 aromatic heterocycles. The molecule has 1 aromatic rings. The van der Waals surface area contributed by atoms with Crippen LogP contribution in [0.2, 0.25) is 0 Å². The molecule has 2 N–H and O–H groups in total. The minimum atomic E-state index is -0.170. The predicted molar refractivity (Wildman–Crippen MR) is 55.5 cm³/mol. The smallest absolute Gasteiger partial charge is 0.252 e. The molecule has 78 valence electrons. The Labute approximate surface area is 86.5 Å². The average Bonchev–Trinajstić information content (AvgIpc) is 2.65. The van der Waals surface area contributed by atoms with Gasteiger partial charge in [0.25, 0.3) is 5.91 Å². The number of nitrogens with one attached hydrogen (secondary N) is 2. The number of amides is 1. The number of carbonyl (C=O) groups excluding carboxylic acids is 1. The highest BCUT2D eigenvalue weighted by Gasteiger charge is 2.02. The zero-order chi connectivity index (χ0) is 10.2. The van der Waals surface area contributed by atoms with E-state index in [1.54, 1.807) is 11.6 Å². The number of rotatable bonds is 6. The maximum Gasteiger partial charge on any atom is 0.252 e. The van der Waals surface area contributed by atoms with E-state index < -0.39 is 0 Å². The van der Waals surface area contributed by atoms with Gasteiger partial charge in [-0.05, 0) is 7.05 Å². The van der Waals surface area contributed by atoms with E-state index in [0.29, 0.717) is 11.7 Å². The van der Waals surface area contributed by atoms with Crippen LogP contribution in [0.15, 0.2) is 11.6 Å². The number of hydrogen-bond acceptors (Lipinski definition) is 5. The van der Waals surface area contributed by atoms with Gasteiger partial charge in [0.05, 0.1) is 6.61 Å². The van der Waals surface area contributed by atoms with Gasteiger partial charge in [0, 0.05) is 18.1 Å². The number of aromatic nitrogens is 1. The quantitative estimate of drug-likeness (QED) is 0.671. The van der Waals surface area contributed by atoms with E-state index in [0.717, 1.165) is 6.54 Å². The highest BCUT2D eigenvalue weighted by Crippen LogP contribution is 2.09. The lowest BCUT2D eigenvalue weighted by molar-refractivity contribution is -0.120. The molecule has 1 heterocycles. The van der Waals surface area contributed by atoms with Crippen molar-refractivity contribution in [1.82, 2.24) is 10.3 Å². The topological polar surface area (TPSA) is 63.2 Å². The van der Waals surface area contributed by atoms with E-state index in [2.05, 4.69) is 15.6 Å². The van der Waals surface area contributed by atoms with Crippen LogP contribution < -0.4 is 10.6 Å². The van der Waals surface area contributed by atoms with E-state index in [4.69, 9.17) is 4.74 Å². The summed E-state index contributed by atoms with van der Waals surface area (Å²) < 4.78 is 5.09. The lowest BCUT2D eigenvalue weighted by atomic mass is 10.6. The Hall–Kier alpha value is -0.980. The Morgan fingerprint density at radius 2 is 2.57 bits per heavy atom. The van der Waals surface area contributed by atoms with Crippen LogP contribution in [-0.4, -0.2) is 37.7 Å². The number of ether oxygens (including phenoxy) is 1. The van der Waals surface area contributed by atoms with Gasteiger partial charge in [-0.1, -0.05) is 0 Å². The molecule has 1 rings (SSSR count). The van der Waals surface area contributed by atoms with Gasteiger partial charge in [-0.25, -0.2) is 4.98 Å². The van der Waals surface area contributed by atoms with Crippen LogP contribution in [0, 0.1) is 0 Å². The second kappa shape index (κ2) is 6.47. The molecule has 0 fully saturated rings. The lowest BCUT2D eigenvalue weighted by Gasteiger charge is -2.03. The number of hydrogen-bond donors (Lipinski definition) is 2. The molecule has 14 heavy (non-hydrogen) atoms. The molecule has 0 radical (unpaired) electrons. The van der Waals surface area contributed by atoms with Crippen molar-refractivity contribution in [2.24, 2.45) is 0 Å². The van der Waals surface area contributed by atoms with Crippen LogP contribution >= 0.6 is 11.3 Å². The summed E-state index contributed by atoms with van der Waals surface area (Å²) >= 11 is 1.38. The maximum atomic E-state index is 11.2. The minimum absolute atomic E-state index is 0.0707. The molecule has 0 bridgehead atoms. The van der Waals surface area contributed by atoms with Crippen LogP contribution in [0.5, 0.6) is 0 Å². The lowest BCUT2D eigenvalue weighted by Crippen LogP contribution is -2.21. The third kappa shape index (κ3) is 4.31. The zero-order valence-electron chi connectivity index (χ0n) is 7.95. The molecular formula is C8H13N3O2S. The van der Waals surface area contributed by atoms with Gasteiger partial charge in [-0.15, -0.1) is 11.3 Å². The number of likely N-dealkylation sites (N-methyl/N-ethyl adjacent to an activating group) is 1. The van der Waals surface area contributed by atoms with Crippen molar-refractivity contribution in [3.63, 3.8) is 0 Å². The third-order valence-electron chi connectivity index (χ3n) is 1.41. The summed E-state index contributed by atoms with van der Waals surface area (Å²) in [5.74, 6) is -0.170. The molecule has 0 aliphatic rings. The summed E-state index contributed by atoms with van der Waals surface area (Å²) in [5, 5.41) is 7.95. The first-order chi connectivity index (χ1) is 6.83. The molecule has 0 aliphatic heterocycles. The molecule has 0 saturated carbocycles. The van der Waals surface area contributed by atoms with Gasteiger partial charge in [0.2, 0.25) is 0 Å². The molecule has 1 amide bonds. The third-order valence-corrected chi connectivity index (χ3v) is 2.10. The van der Waals surface area contributed by atoms with Crippen molar-refractivity contribution in [1.29, 1.82) is 0 Å². The van der Waals surface area contributed by atoms with Crippen molar-refractivity contribution in [2.75, 3.05) is 32.1 Å². The number of nitrogens with zero attached hydrogens (tertiary/aromatic N) is 1. The number of anilines is 1. The molecule has 6 heteroatoms. The maximum absolute atomic E-state index is 11.2. The Balaban J connectivity index is 2.11. The van der Waals surface area contributed by atoms with Crippen molar-refractivity contribution >= 4 is 22.4 Å². The largest absolute Gasteiger partial charge is 0.370 e. The Kier molecular flexibility index (Phi) is 5.13. The van der Waals surface area contributed by atoms with Gasteiger partial charge in [0.1, 0.15) is 6.61 Å². The molecule has 0 unspecified atom stereocenters. The Bertz CT molecular complexity index is 264. The summed E-state index contributed by atoms with van der Waals surface area (Å²) in [6.07, 6.45) is 1.64.